The Bertz CT molecular complexity index is 1100. The van der Waals surface area contributed by atoms with E-state index in [0.29, 0.717) is 12.2 Å². The maximum atomic E-state index is 14.4. The van der Waals surface area contributed by atoms with Crippen molar-refractivity contribution in [2.24, 2.45) is 56.7 Å². The number of hydrogen-bond acceptors (Lipinski definition) is 3. The van der Waals surface area contributed by atoms with Gasteiger partial charge in [0.2, 0.25) is 0 Å². The van der Waals surface area contributed by atoms with Gasteiger partial charge >= 0.3 is 5.97 Å². The standard InChI is InChI=1S/C31H43NO4/c1-18-20-7-8-29(5)23(28(20,4)14-19(17-32)26(18)36)13-22(33)25-21-15-27(2,3)9-11-31(21,16-24(34)35)12-10-30(25,29)6/h14,18,20-21,23,25H,7-13,15-16H2,1-6H3,(H,34,35)/p+1/t18-,20?,21?,23?,25?,28+,29-,30-,31-/m1/s1. The van der Waals surface area contributed by atoms with Crippen LogP contribution in [0.2, 0.25) is 0 Å². The van der Waals surface area contributed by atoms with Crippen molar-refractivity contribution in [1.82, 2.24) is 0 Å². The summed E-state index contributed by atoms with van der Waals surface area (Å²) in [5.41, 5.74) is -0.463. The molecular weight excluding hydrogens is 450 g/mol. The molecule has 2 N–H and O–H groups in total. The molecule has 5 aliphatic rings. The Labute approximate surface area is 216 Å². The van der Waals surface area contributed by atoms with Crippen molar-refractivity contribution < 1.29 is 19.5 Å². The molecule has 0 bridgehead atoms. The lowest BCUT2D eigenvalue weighted by molar-refractivity contribution is -0.218. The van der Waals surface area contributed by atoms with Gasteiger partial charge in [0.05, 0.1) is 5.57 Å². The van der Waals surface area contributed by atoms with Gasteiger partial charge in [-0.25, -0.2) is 0 Å². The van der Waals surface area contributed by atoms with Crippen LogP contribution in [-0.4, -0.2) is 27.4 Å². The summed E-state index contributed by atoms with van der Waals surface area (Å²) in [5.74, 6) is -0.0940. The molecule has 0 aliphatic heterocycles. The van der Waals surface area contributed by atoms with Gasteiger partial charge in [-0.1, -0.05) is 47.6 Å². The molecule has 0 heterocycles. The molecule has 0 amide bonds. The summed E-state index contributed by atoms with van der Waals surface area (Å²) >= 11 is 0. The number of aliphatic carboxylic acids is 1. The number of Topliss-reactive ketones (excluding diaryl/α,β-unsaturated/α-hetero) is 2. The SMILES string of the molecule is C[C@H]1C(=O)C(C#N)=C[C@@]2(C)C1CC[C@]1(C)C2CC(=O)C2C3CC(C)(C)CC[C@]3(CC(O)=[OH+])CC[C@]21C. The molecule has 196 valence electrons. The van der Waals surface area contributed by atoms with E-state index in [1.165, 1.54) is 0 Å². The molecule has 0 aromatic heterocycles. The van der Waals surface area contributed by atoms with E-state index in [4.69, 9.17) is 0 Å². The molecule has 5 aliphatic carbocycles. The Hall–Kier alpha value is -1.96. The van der Waals surface area contributed by atoms with Crippen LogP contribution in [0.4, 0.5) is 0 Å². The van der Waals surface area contributed by atoms with Gasteiger partial charge in [0.1, 0.15) is 18.3 Å². The molecule has 5 rings (SSSR count). The molecule has 0 saturated heterocycles. The first-order chi connectivity index (χ1) is 16.6. The van der Waals surface area contributed by atoms with E-state index < -0.39 is 5.97 Å². The molecule has 4 saturated carbocycles. The zero-order chi connectivity index (χ0) is 26.5. The van der Waals surface area contributed by atoms with Gasteiger partial charge < -0.3 is 9.90 Å². The van der Waals surface area contributed by atoms with Crippen molar-refractivity contribution >= 4 is 17.5 Å². The van der Waals surface area contributed by atoms with Gasteiger partial charge in [0, 0.05) is 18.3 Å². The van der Waals surface area contributed by atoms with E-state index in [9.17, 15) is 24.8 Å². The Balaban J connectivity index is 1.62. The molecule has 0 spiro atoms. The number of rotatable bonds is 2. The minimum Gasteiger partial charge on any atom is -0.339 e. The number of nitrogens with zero attached hydrogens (tertiary/aromatic N) is 1. The lowest BCUT2D eigenvalue weighted by atomic mass is 9.32. The predicted molar refractivity (Wildman–Crippen MR) is 138 cm³/mol. The second-order valence-electron chi connectivity index (χ2n) is 14.8. The maximum Gasteiger partial charge on any atom is 0.480 e. The summed E-state index contributed by atoms with van der Waals surface area (Å²) in [6.45, 7) is 13.5. The molecule has 0 aromatic rings. The van der Waals surface area contributed by atoms with Crippen LogP contribution in [0, 0.1) is 68.0 Å². The summed E-state index contributed by atoms with van der Waals surface area (Å²) in [6, 6.07) is 2.17. The average Bonchev–Trinajstić information content (AvgIpc) is 2.78. The molecule has 5 heteroatoms. The molecule has 0 radical (unpaired) electrons. The van der Waals surface area contributed by atoms with Crippen molar-refractivity contribution in [2.75, 3.05) is 0 Å². The fraction of sp³-hybridized carbons (Fsp3) is 0.806. The largest absolute Gasteiger partial charge is 0.480 e. The van der Waals surface area contributed by atoms with Gasteiger partial charge in [0.25, 0.3) is 0 Å². The van der Waals surface area contributed by atoms with E-state index in [1.54, 1.807) is 0 Å². The summed E-state index contributed by atoms with van der Waals surface area (Å²) in [5, 5.41) is 19.8. The van der Waals surface area contributed by atoms with Crippen LogP contribution in [0.5, 0.6) is 0 Å². The summed E-state index contributed by atoms with van der Waals surface area (Å²) < 4.78 is 0. The normalized spacial score (nSPS) is 49.5. The zero-order valence-corrected chi connectivity index (χ0v) is 23.0. The predicted octanol–water partition coefficient (Wildman–Crippen LogP) is 6.35. The Morgan fingerprint density at radius 3 is 2.36 bits per heavy atom. The minimum absolute atomic E-state index is 0.0400. The fourth-order valence-electron chi connectivity index (χ4n) is 10.7. The quantitative estimate of drug-likeness (QED) is 0.452. The molecular formula is C31H44NO4+. The Morgan fingerprint density at radius 2 is 1.72 bits per heavy atom. The third-order valence-electron chi connectivity index (χ3n) is 12.8. The number of ketones is 2. The van der Waals surface area contributed by atoms with Crippen LogP contribution in [0.3, 0.4) is 0 Å². The van der Waals surface area contributed by atoms with Crippen molar-refractivity contribution in [2.45, 2.75) is 99.3 Å². The number of carboxylic acids is 1. The number of hydrogen-bond donors (Lipinski definition) is 1. The summed E-state index contributed by atoms with van der Waals surface area (Å²) in [4.78, 5) is 37.3. The van der Waals surface area contributed by atoms with Crippen molar-refractivity contribution in [3.8, 4) is 6.07 Å². The number of allylic oxidation sites excluding steroid dienone is 2. The molecule has 5 nitrogen and oxygen atoms in total. The van der Waals surface area contributed by atoms with Crippen LogP contribution >= 0.6 is 0 Å². The maximum absolute atomic E-state index is 14.4. The molecule has 36 heavy (non-hydrogen) atoms. The fourth-order valence-corrected chi connectivity index (χ4v) is 10.7. The highest BCUT2D eigenvalue weighted by Gasteiger charge is 2.71. The van der Waals surface area contributed by atoms with Crippen LogP contribution in [0.15, 0.2) is 11.6 Å². The Morgan fingerprint density at radius 1 is 1.06 bits per heavy atom. The highest BCUT2D eigenvalue weighted by molar-refractivity contribution is 6.01. The molecule has 4 unspecified atom stereocenters. The molecule has 9 atom stereocenters. The summed E-state index contributed by atoms with van der Waals surface area (Å²) in [7, 11) is 0. The second kappa shape index (κ2) is 7.78. The number of carbonyl (C=O) groups is 2. The third kappa shape index (κ3) is 3.21. The monoisotopic (exact) mass is 494 g/mol. The third-order valence-corrected chi connectivity index (χ3v) is 12.8. The van der Waals surface area contributed by atoms with E-state index in [-0.39, 0.29) is 74.4 Å². The Kier molecular flexibility index (Phi) is 5.55. The number of carboxylic acid groups (broad SMARTS) is 1. The number of fused-ring (bicyclic) bond motifs is 7. The lowest BCUT2D eigenvalue weighted by Gasteiger charge is -2.71. The van der Waals surface area contributed by atoms with Gasteiger partial charge in [-0.2, -0.15) is 5.26 Å². The minimum atomic E-state index is -0.487. The molecule has 0 aromatic carbocycles. The first-order valence-electron chi connectivity index (χ1n) is 14.1. The molecule has 4 fully saturated rings. The number of nitriles is 1. The summed E-state index contributed by atoms with van der Waals surface area (Å²) in [6.07, 6.45) is 9.39. The van der Waals surface area contributed by atoms with Crippen LogP contribution < -0.4 is 0 Å². The van der Waals surface area contributed by atoms with E-state index in [2.05, 4.69) is 40.7 Å². The average molecular weight is 495 g/mol. The number of aliphatic hydroxyl groups excluding tert-OH is 1. The van der Waals surface area contributed by atoms with Gasteiger partial charge in [-0.15, -0.1) is 0 Å². The van der Waals surface area contributed by atoms with Crippen LogP contribution in [-0.2, 0) is 9.59 Å². The van der Waals surface area contributed by atoms with Crippen molar-refractivity contribution in [3.63, 3.8) is 0 Å². The van der Waals surface area contributed by atoms with Gasteiger partial charge in [-0.05, 0) is 89.8 Å². The van der Waals surface area contributed by atoms with Gasteiger partial charge in [-0.3, -0.25) is 9.59 Å². The van der Waals surface area contributed by atoms with E-state index in [0.717, 1.165) is 44.9 Å². The topological polar surface area (TPSA) is 99.6 Å². The van der Waals surface area contributed by atoms with E-state index in [1.807, 2.05) is 13.0 Å². The first-order valence-corrected chi connectivity index (χ1v) is 14.1. The first kappa shape index (κ1) is 25.7. The highest BCUT2D eigenvalue weighted by atomic mass is 16.4. The van der Waals surface area contributed by atoms with E-state index >= 15 is 0 Å². The van der Waals surface area contributed by atoms with Crippen molar-refractivity contribution in [1.29, 1.82) is 5.26 Å². The smallest absolute Gasteiger partial charge is 0.339 e. The number of carbonyl (C=O) groups excluding carboxylic acids is 2. The van der Waals surface area contributed by atoms with Crippen LogP contribution in [0.25, 0.3) is 0 Å². The van der Waals surface area contributed by atoms with Crippen LogP contribution in [0.1, 0.15) is 99.3 Å². The zero-order valence-electron chi connectivity index (χ0n) is 23.0. The van der Waals surface area contributed by atoms with Gasteiger partial charge in [0.15, 0.2) is 5.78 Å². The second-order valence-corrected chi connectivity index (χ2v) is 14.8. The van der Waals surface area contributed by atoms with Crippen molar-refractivity contribution in [3.05, 3.63) is 11.6 Å². The lowest BCUT2D eigenvalue weighted by Crippen LogP contribution is -2.68. The highest BCUT2D eigenvalue weighted by Crippen LogP contribution is 2.75.